The first-order valence-electron chi connectivity index (χ1n) is 10.1. The van der Waals surface area contributed by atoms with Crippen LogP contribution in [0.25, 0.3) is 22.6 Å². The van der Waals surface area contributed by atoms with E-state index in [1.54, 1.807) is 0 Å². The number of nitrogens with zero attached hydrogens (tertiary/aromatic N) is 2. The number of piperidine rings is 1. The highest BCUT2D eigenvalue weighted by Crippen LogP contribution is 2.27. The van der Waals surface area contributed by atoms with E-state index < -0.39 is 0 Å². The topological polar surface area (TPSA) is 38.5 Å². The Morgan fingerprint density at radius 1 is 1.07 bits per heavy atom. The van der Waals surface area contributed by atoms with Gasteiger partial charge in [0, 0.05) is 12.1 Å². The van der Waals surface area contributed by atoms with E-state index in [0.717, 1.165) is 35.4 Å². The van der Waals surface area contributed by atoms with E-state index in [2.05, 4.69) is 35.9 Å². The van der Waals surface area contributed by atoms with Crippen molar-refractivity contribution >= 4 is 11.1 Å². The molecule has 1 fully saturated rings. The third-order valence-electron chi connectivity index (χ3n) is 5.26. The SMILES string of the molecule is CCc1ccc2oc(-c3ccc(OC(C)CN4CCCCC4)cc3)nc2c1. The Balaban J connectivity index is 1.42. The van der Waals surface area contributed by atoms with Gasteiger partial charge in [0.05, 0.1) is 0 Å². The fraction of sp³-hybridized carbons (Fsp3) is 0.435. The van der Waals surface area contributed by atoms with Crippen molar-refractivity contribution in [1.82, 2.24) is 9.88 Å². The van der Waals surface area contributed by atoms with Gasteiger partial charge in [0.25, 0.3) is 0 Å². The molecule has 1 aliphatic rings. The third-order valence-corrected chi connectivity index (χ3v) is 5.26. The molecule has 0 N–H and O–H groups in total. The third kappa shape index (κ3) is 4.33. The average molecular weight is 364 g/mol. The molecule has 1 atom stereocenters. The van der Waals surface area contributed by atoms with Crippen molar-refractivity contribution in [2.24, 2.45) is 0 Å². The van der Waals surface area contributed by atoms with Crippen LogP contribution in [-0.2, 0) is 6.42 Å². The van der Waals surface area contributed by atoms with Crippen LogP contribution < -0.4 is 4.74 Å². The summed E-state index contributed by atoms with van der Waals surface area (Å²) in [6.07, 6.45) is 5.17. The van der Waals surface area contributed by atoms with E-state index in [4.69, 9.17) is 9.15 Å². The van der Waals surface area contributed by atoms with Gasteiger partial charge in [-0.1, -0.05) is 19.4 Å². The molecule has 0 amide bonds. The van der Waals surface area contributed by atoms with Crippen molar-refractivity contribution in [3.8, 4) is 17.2 Å². The van der Waals surface area contributed by atoms with Crippen molar-refractivity contribution in [3.63, 3.8) is 0 Å². The lowest BCUT2D eigenvalue weighted by Gasteiger charge is -2.29. The van der Waals surface area contributed by atoms with Crippen LogP contribution in [0.1, 0.15) is 38.7 Å². The van der Waals surface area contributed by atoms with E-state index in [0.29, 0.717) is 5.89 Å². The van der Waals surface area contributed by atoms with Crippen LogP contribution in [0.3, 0.4) is 0 Å². The number of hydrogen-bond acceptors (Lipinski definition) is 4. The number of oxazole rings is 1. The fourth-order valence-corrected chi connectivity index (χ4v) is 3.77. The second-order valence-corrected chi connectivity index (χ2v) is 7.49. The van der Waals surface area contributed by atoms with Crippen LogP contribution in [0.4, 0.5) is 0 Å². The van der Waals surface area contributed by atoms with Gasteiger partial charge in [-0.2, -0.15) is 0 Å². The molecule has 1 saturated heterocycles. The van der Waals surface area contributed by atoms with Crippen molar-refractivity contribution in [2.45, 2.75) is 45.6 Å². The molecule has 4 nitrogen and oxygen atoms in total. The number of likely N-dealkylation sites (tertiary alicyclic amines) is 1. The summed E-state index contributed by atoms with van der Waals surface area (Å²) in [6.45, 7) is 7.68. The number of fused-ring (bicyclic) bond motifs is 1. The molecule has 27 heavy (non-hydrogen) atoms. The Bertz CT molecular complexity index is 879. The predicted molar refractivity (Wildman–Crippen MR) is 109 cm³/mol. The summed E-state index contributed by atoms with van der Waals surface area (Å²) >= 11 is 0. The molecule has 4 rings (SSSR count). The van der Waals surface area contributed by atoms with E-state index in [9.17, 15) is 0 Å². The summed E-state index contributed by atoms with van der Waals surface area (Å²) in [4.78, 5) is 7.15. The Morgan fingerprint density at radius 3 is 2.59 bits per heavy atom. The van der Waals surface area contributed by atoms with Gasteiger partial charge in [-0.15, -0.1) is 0 Å². The molecule has 0 aliphatic carbocycles. The minimum atomic E-state index is 0.186. The van der Waals surface area contributed by atoms with Gasteiger partial charge in [-0.3, -0.25) is 4.90 Å². The molecular weight excluding hydrogens is 336 g/mol. The summed E-state index contributed by atoms with van der Waals surface area (Å²) in [6, 6.07) is 14.3. The van der Waals surface area contributed by atoms with E-state index in [1.165, 1.54) is 37.9 Å². The quantitative estimate of drug-likeness (QED) is 0.594. The molecule has 3 aromatic rings. The molecule has 0 radical (unpaired) electrons. The van der Waals surface area contributed by atoms with Crippen molar-refractivity contribution in [1.29, 1.82) is 0 Å². The number of benzene rings is 2. The van der Waals surface area contributed by atoms with E-state index in [1.807, 2.05) is 30.3 Å². The van der Waals surface area contributed by atoms with Gasteiger partial charge in [0.1, 0.15) is 17.4 Å². The van der Waals surface area contributed by atoms with E-state index >= 15 is 0 Å². The standard InChI is InChI=1S/C23H28N2O2/c1-3-18-7-12-22-21(15-18)24-23(27-22)19-8-10-20(11-9-19)26-17(2)16-25-13-5-4-6-14-25/h7-12,15,17H,3-6,13-14,16H2,1-2H3. The fourth-order valence-electron chi connectivity index (χ4n) is 3.77. The van der Waals surface area contributed by atoms with Gasteiger partial charge in [-0.25, -0.2) is 4.98 Å². The lowest BCUT2D eigenvalue weighted by Crippen LogP contribution is -2.37. The van der Waals surface area contributed by atoms with Crippen molar-refractivity contribution < 1.29 is 9.15 Å². The summed E-state index contributed by atoms with van der Waals surface area (Å²) in [7, 11) is 0. The summed E-state index contributed by atoms with van der Waals surface area (Å²) < 4.78 is 12.0. The molecule has 142 valence electrons. The molecule has 0 saturated carbocycles. The van der Waals surface area contributed by atoms with Crippen LogP contribution in [0.15, 0.2) is 46.9 Å². The first-order chi connectivity index (χ1) is 13.2. The molecule has 1 aliphatic heterocycles. The molecule has 4 heteroatoms. The molecular formula is C23H28N2O2. The van der Waals surface area contributed by atoms with Gasteiger partial charge in [-0.05, 0) is 81.2 Å². The van der Waals surface area contributed by atoms with Crippen molar-refractivity contribution in [3.05, 3.63) is 48.0 Å². The maximum Gasteiger partial charge on any atom is 0.227 e. The Labute approximate surface area is 161 Å². The highest BCUT2D eigenvalue weighted by molar-refractivity contribution is 5.77. The molecule has 2 heterocycles. The highest BCUT2D eigenvalue weighted by Gasteiger charge is 2.15. The Morgan fingerprint density at radius 2 is 1.85 bits per heavy atom. The first kappa shape index (κ1) is 18.1. The molecule has 1 unspecified atom stereocenters. The first-order valence-corrected chi connectivity index (χ1v) is 10.1. The van der Waals surface area contributed by atoms with Gasteiger partial charge in [0.2, 0.25) is 5.89 Å². The molecule has 0 bridgehead atoms. The largest absolute Gasteiger partial charge is 0.489 e. The number of aromatic nitrogens is 1. The van der Waals surface area contributed by atoms with Crippen LogP contribution in [0.2, 0.25) is 0 Å². The number of ether oxygens (including phenoxy) is 1. The molecule has 1 aromatic heterocycles. The number of aryl methyl sites for hydroxylation is 1. The minimum Gasteiger partial charge on any atom is -0.489 e. The summed E-state index contributed by atoms with van der Waals surface area (Å²) in [5, 5.41) is 0. The number of hydrogen-bond donors (Lipinski definition) is 0. The minimum absolute atomic E-state index is 0.186. The molecule has 0 spiro atoms. The average Bonchev–Trinajstić information content (AvgIpc) is 3.12. The maximum absolute atomic E-state index is 6.10. The van der Waals surface area contributed by atoms with Gasteiger partial charge < -0.3 is 9.15 Å². The van der Waals surface area contributed by atoms with Gasteiger partial charge >= 0.3 is 0 Å². The highest BCUT2D eigenvalue weighted by atomic mass is 16.5. The van der Waals surface area contributed by atoms with Crippen LogP contribution in [-0.4, -0.2) is 35.6 Å². The van der Waals surface area contributed by atoms with Crippen LogP contribution >= 0.6 is 0 Å². The maximum atomic E-state index is 6.10. The zero-order chi connectivity index (χ0) is 18.6. The second kappa shape index (κ2) is 8.13. The lowest BCUT2D eigenvalue weighted by atomic mass is 10.1. The summed E-state index contributed by atoms with van der Waals surface area (Å²) in [5.74, 6) is 1.55. The zero-order valence-electron chi connectivity index (χ0n) is 16.3. The Hall–Kier alpha value is -2.33. The zero-order valence-corrected chi connectivity index (χ0v) is 16.3. The van der Waals surface area contributed by atoms with Crippen LogP contribution in [0.5, 0.6) is 5.75 Å². The second-order valence-electron chi connectivity index (χ2n) is 7.49. The molecule has 2 aromatic carbocycles. The Kier molecular flexibility index (Phi) is 5.44. The number of rotatable bonds is 6. The monoisotopic (exact) mass is 364 g/mol. The smallest absolute Gasteiger partial charge is 0.227 e. The van der Waals surface area contributed by atoms with Crippen LogP contribution in [0, 0.1) is 0 Å². The summed E-state index contributed by atoms with van der Waals surface area (Å²) in [5.41, 5.74) is 3.99. The van der Waals surface area contributed by atoms with E-state index in [-0.39, 0.29) is 6.10 Å². The van der Waals surface area contributed by atoms with Gasteiger partial charge in [0.15, 0.2) is 5.58 Å². The lowest BCUT2D eigenvalue weighted by molar-refractivity contribution is 0.130. The predicted octanol–water partition coefficient (Wildman–Crippen LogP) is 5.31. The van der Waals surface area contributed by atoms with Crippen molar-refractivity contribution in [2.75, 3.05) is 19.6 Å². The normalized spacial score (nSPS) is 16.5.